The van der Waals surface area contributed by atoms with Gasteiger partial charge in [-0.3, -0.25) is 4.79 Å². The van der Waals surface area contributed by atoms with E-state index in [0.29, 0.717) is 5.56 Å². The van der Waals surface area contributed by atoms with Crippen LogP contribution in [-0.2, 0) is 24.3 Å². The third-order valence-electron chi connectivity index (χ3n) is 3.82. The third-order valence-corrected chi connectivity index (χ3v) is 3.82. The van der Waals surface area contributed by atoms with Crippen LogP contribution < -0.4 is 5.32 Å². The molecule has 1 amide bonds. The Kier molecular flexibility index (Phi) is 4.55. The van der Waals surface area contributed by atoms with Gasteiger partial charge < -0.3 is 9.88 Å². The molecule has 4 nitrogen and oxygen atoms in total. The van der Waals surface area contributed by atoms with Gasteiger partial charge in [0.1, 0.15) is 17.3 Å². The summed E-state index contributed by atoms with van der Waals surface area (Å²) in [5.74, 6) is -1.52. The predicted octanol–water partition coefficient (Wildman–Crippen LogP) is 3.19. The number of carbonyl (C=O) groups is 1. The van der Waals surface area contributed by atoms with Crippen LogP contribution in [-0.4, -0.2) is 15.5 Å². The van der Waals surface area contributed by atoms with E-state index in [1.165, 1.54) is 12.1 Å². The van der Waals surface area contributed by atoms with Crippen molar-refractivity contribution in [1.82, 2.24) is 14.9 Å². The lowest BCUT2D eigenvalue weighted by atomic mass is 10.1. The number of benzene rings is 1. The average Bonchev–Trinajstić information content (AvgIpc) is 2.90. The van der Waals surface area contributed by atoms with Crippen LogP contribution in [0.4, 0.5) is 8.78 Å². The van der Waals surface area contributed by atoms with E-state index in [4.69, 9.17) is 0 Å². The van der Waals surface area contributed by atoms with Gasteiger partial charge >= 0.3 is 0 Å². The molecule has 1 N–H and O–H groups in total. The number of hydrogen-bond donors (Lipinski definition) is 1. The van der Waals surface area contributed by atoms with Crippen LogP contribution >= 0.6 is 0 Å². The average molecular weight is 329 g/mol. The fourth-order valence-corrected chi connectivity index (χ4v) is 2.73. The lowest BCUT2D eigenvalue weighted by Crippen LogP contribution is -2.24. The molecule has 0 radical (unpaired) electrons. The van der Waals surface area contributed by atoms with E-state index in [-0.39, 0.29) is 18.9 Å². The van der Waals surface area contributed by atoms with Crippen molar-refractivity contribution in [2.24, 2.45) is 0 Å². The van der Waals surface area contributed by atoms with Crippen molar-refractivity contribution in [3.05, 3.63) is 65.5 Å². The van der Waals surface area contributed by atoms with Gasteiger partial charge in [-0.1, -0.05) is 0 Å². The van der Waals surface area contributed by atoms with Crippen LogP contribution in [0.2, 0.25) is 0 Å². The molecule has 0 aliphatic carbocycles. The quantitative estimate of drug-likeness (QED) is 0.781. The molecule has 6 heteroatoms. The molecular weight excluding hydrogens is 312 g/mol. The van der Waals surface area contributed by atoms with Crippen molar-refractivity contribution in [3.63, 3.8) is 0 Å². The summed E-state index contributed by atoms with van der Waals surface area (Å²) in [6, 6.07) is 6.97. The van der Waals surface area contributed by atoms with E-state index < -0.39 is 11.6 Å². The number of fused-ring (bicyclic) bond motifs is 1. The zero-order valence-corrected chi connectivity index (χ0v) is 13.2. The molecule has 1 aromatic carbocycles. The number of nitrogens with zero attached hydrogens (tertiary/aromatic N) is 2. The Bertz CT molecular complexity index is 869. The Labute approximate surface area is 138 Å². The number of aromatic nitrogens is 2. The molecule has 124 valence electrons. The van der Waals surface area contributed by atoms with Gasteiger partial charge in [-0.05, 0) is 42.3 Å². The van der Waals surface area contributed by atoms with Crippen molar-refractivity contribution < 1.29 is 13.6 Å². The smallest absolute Gasteiger partial charge is 0.224 e. The summed E-state index contributed by atoms with van der Waals surface area (Å²) in [6.07, 6.45) is 3.82. The highest BCUT2D eigenvalue weighted by atomic mass is 19.1. The molecular formula is C18H17F2N3O. The zero-order valence-electron chi connectivity index (χ0n) is 13.2. The molecule has 0 aliphatic rings. The number of aryl methyl sites for hydroxylation is 1. The topological polar surface area (TPSA) is 46.9 Å². The second-order valence-electron chi connectivity index (χ2n) is 5.55. The van der Waals surface area contributed by atoms with Crippen LogP contribution in [0, 0.1) is 11.6 Å². The van der Waals surface area contributed by atoms with E-state index in [0.717, 1.165) is 29.2 Å². The lowest BCUT2D eigenvalue weighted by Gasteiger charge is -2.05. The number of carbonyl (C=O) groups excluding carboxylic acids is 1. The van der Waals surface area contributed by atoms with Crippen LogP contribution in [0.3, 0.4) is 0 Å². The monoisotopic (exact) mass is 329 g/mol. The summed E-state index contributed by atoms with van der Waals surface area (Å²) >= 11 is 0. The van der Waals surface area contributed by atoms with Crippen molar-refractivity contribution in [2.75, 3.05) is 0 Å². The first-order chi connectivity index (χ1) is 11.6. The number of pyridine rings is 1. The molecule has 3 aromatic rings. The van der Waals surface area contributed by atoms with Crippen molar-refractivity contribution in [1.29, 1.82) is 0 Å². The minimum Gasteiger partial charge on any atom is -0.352 e. The number of amides is 1. The van der Waals surface area contributed by atoms with Gasteiger partial charge in [0.25, 0.3) is 0 Å². The van der Waals surface area contributed by atoms with Crippen LogP contribution in [0.25, 0.3) is 11.0 Å². The summed E-state index contributed by atoms with van der Waals surface area (Å²) in [5.41, 5.74) is 2.11. The lowest BCUT2D eigenvalue weighted by molar-refractivity contribution is -0.120. The second-order valence-corrected chi connectivity index (χ2v) is 5.55. The fraction of sp³-hybridized carbons (Fsp3) is 0.222. The number of nitrogens with one attached hydrogen (secondary N) is 1. The Morgan fingerprint density at radius 3 is 2.71 bits per heavy atom. The van der Waals surface area contributed by atoms with E-state index in [9.17, 15) is 13.6 Å². The summed E-state index contributed by atoms with van der Waals surface area (Å²) < 4.78 is 28.3. The Morgan fingerprint density at radius 2 is 2.00 bits per heavy atom. The van der Waals surface area contributed by atoms with Crippen LogP contribution in [0.5, 0.6) is 0 Å². The van der Waals surface area contributed by atoms with Crippen LogP contribution in [0.15, 0.2) is 42.7 Å². The van der Waals surface area contributed by atoms with Gasteiger partial charge in [0.15, 0.2) is 0 Å². The van der Waals surface area contributed by atoms with Gasteiger partial charge in [0.05, 0.1) is 6.42 Å². The highest BCUT2D eigenvalue weighted by molar-refractivity contribution is 5.87. The van der Waals surface area contributed by atoms with E-state index in [1.807, 2.05) is 29.8 Å². The van der Waals surface area contributed by atoms with Crippen molar-refractivity contribution in [3.8, 4) is 0 Å². The highest BCUT2D eigenvalue weighted by Crippen LogP contribution is 2.19. The fourth-order valence-electron chi connectivity index (χ4n) is 2.73. The minimum absolute atomic E-state index is 0.0815. The van der Waals surface area contributed by atoms with Gasteiger partial charge in [-0.2, -0.15) is 0 Å². The second kappa shape index (κ2) is 6.78. The molecule has 2 aromatic heterocycles. The molecule has 0 saturated carbocycles. The standard InChI is InChI=1S/C18H17F2N3O/c1-2-23-11-13(16-4-3-5-21-18(16)23)8-17(24)22-10-12-6-14(19)9-15(20)7-12/h3-7,9,11H,2,8,10H2,1H3,(H,22,24). The summed E-state index contributed by atoms with van der Waals surface area (Å²) in [4.78, 5) is 16.5. The Balaban J connectivity index is 1.71. The molecule has 0 spiro atoms. The summed E-state index contributed by atoms with van der Waals surface area (Å²) in [5, 5.41) is 3.63. The van der Waals surface area contributed by atoms with E-state index >= 15 is 0 Å². The SMILES string of the molecule is CCn1cc(CC(=O)NCc2cc(F)cc(F)c2)c2cccnc21. The molecule has 24 heavy (non-hydrogen) atoms. The van der Waals surface area contributed by atoms with Gasteiger partial charge in [0, 0.05) is 36.9 Å². The Morgan fingerprint density at radius 1 is 1.25 bits per heavy atom. The van der Waals surface area contributed by atoms with Gasteiger partial charge in [-0.15, -0.1) is 0 Å². The molecule has 0 aliphatic heterocycles. The van der Waals surface area contributed by atoms with E-state index in [2.05, 4.69) is 10.3 Å². The molecule has 0 saturated heterocycles. The summed E-state index contributed by atoms with van der Waals surface area (Å²) in [7, 11) is 0. The largest absolute Gasteiger partial charge is 0.352 e. The number of halogens is 2. The Hall–Kier alpha value is -2.76. The maximum absolute atomic E-state index is 13.2. The maximum Gasteiger partial charge on any atom is 0.224 e. The first kappa shape index (κ1) is 16.1. The molecule has 2 heterocycles. The molecule has 0 fully saturated rings. The van der Waals surface area contributed by atoms with Gasteiger partial charge in [0.2, 0.25) is 5.91 Å². The first-order valence-electron chi connectivity index (χ1n) is 7.71. The predicted molar refractivity (Wildman–Crippen MR) is 87.3 cm³/mol. The minimum atomic E-state index is -0.656. The highest BCUT2D eigenvalue weighted by Gasteiger charge is 2.12. The summed E-state index contributed by atoms with van der Waals surface area (Å²) in [6.45, 7) is 2.85. The molecule has 0 atom stereocenters. The third kappa shape index (κ3) is 3.42. The normalized spacial score (nSPS) is 11.0. The van der Waals surface area contributed by atoms with Crippen molar-refractivity contribution in [2.45, 2.75) is 26.4 Å². The van der Waals surface area contributed by atoms with Gasteiger partial charge in [-0.25, -0.2) is 13.8 Å². The maximum atomic E-state index is 13.2. The number of rotatable bonds is 5. The van der Waals surface area contributed by atoms with Crippen molar-refractivity contribution >= 4 is 16.9 Å². The van der Waals surface area contributed by atoms with E-state index in [1.54, 1.807) is 6.20 Å². The number of hydrogen-bond acceptors (Lipinski definition) is 2. The molecule has 0 bridgehead atoms. The molecule has 0 unspecified atom stereocenters. The molecule has 3 rings (SSSR count). The first-order valence-corrected chi connectivity index (χ1v) is 7.71. The zero-order chi connectivity index (χ0) is 17.1. The van der Waals surface area contributed by atoms with Crippen LogP contribution in [0.1, 0.15) is 18.1 Å².